The fourth-order valence-corrected chi connectivity index (χ4v) is 4.63. The minimum Gasteiger partial charge on any atom is -0.493 e. The summed E-state index contributed by atoms with van der Waals surface area (Å²) in [6.45, 7) is 7.16. The summed E-state index contributed by atoms with van der Waals surface area (Å²) in [7, 11) is -0.930. The number of benzene rings is 2. The summed E-state index contributed by atoms with van der Waals surface area (Å²) in [5.74, 6) is -0.0275. The van der Waals surface area contributed by atoms with Gasteiger partial charge >= 0.3 is 0 Å². The summed E-state index contributed by atoms with van der Waals surface area (Å²) in [5, 5.41) is 2.87. The van der Waals surface area contributed by atoms with Crippen molar-refractivity contribution in [3.05, 3.63) is 53.6 Å². The molecule has 2 aromatic carbocycles. The van der Waals surface area contributed by atoms with E-state index in [4.69, 9.17) is 9.47 Å². The first kappa shape index (κ1) is 29.0. The van der Waals surface area contributed by atoms with Crippen LogP contribution in [-0.2, 0) is 26.2 Å². The van der Waals surface area contributed by atoms with Crippen molar-refractivity contribution in [1.82, 2.24) is 10.2 Å². The molecule has 0 bridgehead atoms. The van der Waals surface area contributed by atoms with E-state index in [2.05, 4.69) is 5.32 Å². The van der Waals surface area contributed by atoms with Crippen LogP contribution in [0, 0.1) is 6.92 Å². The maximum Gasteiger partial charge on any atom is 0.244 e. The van der Waals surface area contributed by atoms with Crippen LogP contribution in [0.1, 0.15) is 38.3 Å². The first-order valence-electron chi connectivity index (χ1n) is 11.8. The van der Waals surface area contributed by atoms with Gasteiger partial charge in [0, 0.05) is 18.7 Å². The Bertz CT molecular complexity index is 1150. The highest BCUT2D eigenvalue weighted by Crippen LogP contribution is 2.32. The summed E-state index contributed by atoms with van der Waals surface area (Å²) in [4.78, 5) is 28.2. The highest BCUT2D eigenvalue weighted by molar-refractivity contribution is 7.92. The van der Waals surface area contributed by atoms with Crippen LogP contribution in [0.25, 0.3) is 0 Å². The van der Waals surface area contributed by atoms with E-state index in [1.807, 2.05) is 52.0 Å². The zero-order valence-corrected chi connectivity index (χ0v) is 22.9. The second-order valence-corrected chi connectivity index (χ2v) is 10.8. The molecule has 0 aliphatic rings. The number of methoxy groups -OCH3 is 2. The Morgan fingerprint density at radius 1 is 1.00 bits per heavy atom. The lowest BCUT2D eigenvalue weighted by atomic mass is 10.1. The number of rotatable bonds is 12. The van der Waals surface area contributed by atoms with Gasteiger partial charge < -0.3 is 19.7 Å². The van der Waals surface area contributed by atoms with Crippen LogP contribution in [0.15, 0.2) is 42.5 Å². The zero-order valence-electron chi connectivity index (χ0n) is 22.1. The third kappa shape index (κ3) is 7.61. The minimum atomic E-state index is -3.85. The topological polar surface area (TPSA) is 105 Å². The lowest BCUT2D eigenvalue weighted by Gasteiger charge is -2.33. The number of sulfonamides is 1. The number of carbonyl (C=O) groups excluding carboxylic acids is 2. The van der Waals surface area contributed by atoms with Crippen LogP contribution >= 0.6 is 0 Å². The van der Waals surface area contributed by atoms with Gasteiger partial charge in [0.15, 0.2) is 11.5 Å². The molecule has 9 nitrogen and oxygen atoms in total. The van der Waals surface area contributed by atoms with Gasteiger partial charge in [-0.05, 0) is 44.9 Å². The Kier molecular flexibility index (Phi) is 10.2. The summed E-state index contributed by atoms with van der Waals surface area (Å²) in [6, 6.07) is 11.4. The maximum absolute atomic E-state index is 13.7. The molecule has 198 valence electrons. The van der Waals surface area contributed by atoms with Crippen LogP contribution in [0.2, 0.25) is 0 Å². The van der Waals surface area contributed by atoms with Gasteiger partial charge in [0.1, 0.15) is 12.6 Å². The third-order valence-corrected chi connectivity index (χ3v) is 6.77. The number of ether oxygens (including phenoxy) is 2. The zero-order chi connectivity index (χ0) is 27.0. The molecule has 2 amide bonds. The summed E-state index contributed by atoms with van der Waals surface area (Å²) in [5.41, 5.74) is 2.15. The van der Waals surface area contributed by atoms with Crippen LogP contribution in [0.4, 0.5) is 5.69 Å². The van der Waals surface area contributed by atoms with E-state index in [1.165, 1.54) is 25.2 Å². The van der Waals surface area contributed by atoms with Crippen molar-refractivity contribution >= 4 is 27.5 Å². The predicted octanol–water partition coefficient (Wildman–Crippen LogP) is 3.11. The Labute approximate surface area is 214 Å². The Hall–Kier alpha value is -3.27. The smallest absolute Gasteiger partial charge is 0.244 e. The van der Waals surface area contributed by atoms with E-state index < -0.39 is 28.5 Å². The summed E-state index contributed by atoms with van der Waals surface area (Å²) in [6.07, 6.45) is 1.40. The molecule has 0 aliphatic heterocycles. The Balaban J connectivity index is 2.48. The van der Waals surface area contributed by atoms with Gasteiger partial charge in [0.25, 0.3) is 0 Å². The molecule has 0 aromatic heterocycles. The maximum atomic E-state index is 13.7. The number of amides is 2. The molecule has 1 N–H and O–H groups in total. The fraction of sp³-hybridized carbons (Fsp3) is 0.462. The lowest BCUT2D eigenvalue weighted by Crippen LogP contribution is -2.53. The van der Waals surface area contributed by atoms with Crippen LogP contribution in [0.3, 0.4) is 0 Å². The molecule has 0 saturated heterocycles. The van der Waals surface area contributed by atoms with Crippen molar-refractivity contribution in [3.8, 4) is 11.5 Å². The van der Waals surface area contributed by atoms with E-state index in [9.17, 15) is 18.0 Å². The van der Waals surface area contributed by atoms with Gasteiger partial charge in [-0.25, -0.2) is 8.42 Å². The molecule has 0 unspecified atom stereocenters. The number of hydrogen-bond donors (Lipinski definition) is 1. The number of nitrogens with zero attached hydrogens (tertiary/aromatic N) is 2. The Morgan fingerprint density at radius 3 is 2.11 bits per heavy atom. The average Bonchev–Trinajstić information content (AvgIpc) is 2.81. The number of nitrogens with one attached hydrogen (secondary N) is 1. The van der Waals surface area contributed by atoms with Crippen LogP contribution < -0.4 is 19.1 Å². The molecule has 0 spiro atoms. The molecule has 2 aromatic rings. The van der Waals surface area contributed by atoms with Gasteiger partial charge in [-0.2, -0.15) is 0 Å². The minimum absolute atomic E-state index is 0.109. The fourth-order valence-electron chi connectivity index (χ4n) is 3.78. The number of anilines is 1. The normalized spacial score (nSPS) is 12.1. The van der Waals surface area contributed by atoms with Crippen LogP contribution in [0.5, 0.6) is 11.5 Å². The molecule has 2 rings (SSSR count). The highest BCUT2D eigenvalue weighted by Gasteiger charge is 2.32. The van der Waals surface area contributed by atoms with Crippen molar-refractivity contribution in [1.29, 1.82) is 0 Å². The van der Waals surface area contributed by atoms with Gasteiger partial charge in [0.2, 0.25) is 21.8 Å². The first-order valence-corrected chi connectivity index (χ1v) is 13.6. The number of aryl methyl sites for hydroxylation is 1. The van der Waals surface area contributed by atoms with E-state index in [0.29, 0.717) is 17.9 Å². The molecule has 0 saturated carbocycles. The monoisotopic (exact) mass is 519 g/mol. The molecule has 0 heterocycles. The van der Waals surface area contributed by atoms with Crippen molar-refractivity contribution < 1.29 is 27.5 Å². The van der Waals surface area contributed by atoms with E-state index in [0.717, 1.165) is 21.7 Å². The van der Waals surface area contributed by atoms with E-state index in [-0.39, 0.29) is 24.2 Å². The van der Waals surface area contributed by atoms with Crippen molar-refractivity contribution in [2.75, 3.05) is 31.3 Å². The van der Waals surface area contributed by atoms with Gasteiger partial charge in [-0.3, -0.25) is 13.9 Å². The highest BCUT2D eigenvalue weighted by atomic mass is 32.2. The standard InChI is InChI=1S/C26H37N3O6S/c1-8-22(26(31)27-18(2)3)28(16-20-11-9-19(4)10-12-20)25(30)17-29(36(7,32)33)21-13-14-23(34-5)24(15-21)35-6/h9-15,18,22H,8,16-17H2,1-7H3,(H,27,31)/t22-/m0/s1. The SMILES string of the molecule is CC[C@@H](C(=O)NC(C)C)N(Cc1ccc(C)cc1)C(=O)CN(c1ccc(OC)c(OC)c1)S(C)(=O)=O. The molecule has 0 radical (unpaired) electrons. The number of carbonyl (C=O) groups is 2. The van der Waals surface area contributed by atoms with Crippen molar-refractivity contribution in [2.24, 2.45) is 0 Å². The average molecular weight is 520 g/mol. The first-order chi connectivity index (χ1) is 16.9. The lowest BCUT2D eigenvalue weighted by molar-refractivity contribution is -0.140. The molecule has 10 heteroatoms. The second kappa shape index (κ2) is 12.6. The van der Waals surface area contributed by atoms with Gasteiger partial charge in [-0.1, -0.05) is 36.8 Å². The molecule has 0 aliphatic carbocycles. The van der Waals surface area contributed by atoms with Crippen molar-refractivity contribution in [2.45, 2.75) is 52.7 Å². The molecule has 1 atom stereocenters. The largest absolute Gasteiger partial charge is 0.493 e. The number of hydrogen-bond acceptors (Lipinski definition) is 6. The van der Waals surface area contributed by atoms with Crippen molar-refractivity contribution in [3.63, 3.8) is 0 Å². The third-order valence-electron chi connectivity index (χ3n) is 5.62. The molecular weight excluding hydrogens is 482 g/mol. The molecule has 0 fully saturated rings. The second-order valence-electron chi connectivity index (χ2n) is 8.90. The Morgan fingerprint density at radius 2 is 1.61 bits per heavy atom. The van der Waals surface area contributed by atoms with Gasteiger partial charge in [0.05, 0.1) is 26.2 Å². The van der Waals surface area contributed by atoms with E-state index >= 15 is 0 Å². The summed E-state index contributed by atoms with van der Waals surface area (Å²) < 4.78 is 37.1. The molecule has 36 heavy (non-hydrogen) atoms. The van der Waals surface area contributed by atoms with Crippen LogP contribution in [-0.4, -0.2) is 64.2 Å². The van der Waals surface area contributed by atoms with Gasteiger partial charge in [-0.15, -0.1) is 0 Å². The molecular formula is C26H37N3O6S. The predicted molar refractivity (Wildman–Crippen MR) is 141 cm³/mol. The van der Waals surface area contributed by atoms with E-state index in [1.54, 1.807) is 12.1 Å². The summed E-state index contributed by atoms with van der Waals surface area (Å²) >= 11 is 0. The quantitative estimate of drug-likeness (QED) is 0.462.